The van der Waals surface area contributed by atoms with Gasteiger partial charge in [0.25, 0.3) is 0 Å². The molecule has 0 radical (unpaired) electrons. The molecule has 2 rings (SSSR count). The first-order valence-corrected chi connectivity index (χ1v) is 6.71. The number of hydrogen-bond donors (Lipinski definition) is 3. The van der Waals surface area contributed by atoms with E-state index in [1.54, 1.807) is 19.1 Å². The van der Waals surface area contributed by atoms with Crippen molar-refractivity contribution in [1.29, 1.82) is 0 Å². The van der Waals surface area contributed by atoms with Gasteiger partial charge in [0.05, 0.1) is 6.54 Å². The molecule has 0 aliphatic carbocycles. The summed E-state index contributed by atoms with van der Waals surface area (Å²) in [4.78, 5) is 22.8. The minimum absolute atomic E-state index is 0.122. The normalized spacial score (nSPS) is 13.7. The Labute approximate surface area is 122 Å². The van der Waals surface area contributed by atoms with E-state index in [2.05, 4.69) is 10.6 Å². The van der Waals surface area contributed by atoms with Gasteiger partial charge in [-0.2, -0.15) is 0 Å². The summed E-state index contributed by atoms with van der Waals surface area (Å²) in [5, 5.41) is 16.0. The van der Waals surface area contributed by atoms with Crippen LogP contribution < -0.4 is 10.6 Å². The second kappa shape index (κ2) is 5.97. The van der Waals surface area contributed by atoms with E-state index in [9.17, 15) is 14.7 Å². The van der Waals surface area contributed by atoms with Crippen molar-refractivity contribution in [3.05, 3.63) is 36.1 Å². The van der Waals surface area contributed by atoms with E-state index in [4.69, 9.17) is 4.42 Å². The van der Waals surface area contributed by atoms with Crippen molar-refractivity contribution in [3.8, 4) is 0 Å². The molecule has 2 amide bonds. The van der Waals surface area contributed by atoms with Gasteiger partial charge < -0.3 is 20.2 Å². The number of likely N-dealkylation sites (N-methyl/N-ethyl adjacent to an activating group) is 1. The Morgan fingerprint density at radius 3 is 2.57 bits per heavy atom. The molecule has 1 aromatic heterocycles. The number of carbonyl (C=O) groups excluding carboxylic acids is 2. The molecule has 1 atom stereocenters. The van der Waals surface area contributed by atoms with Crippen LogP contribution >= 0.6 is 0 Å². The lowest BCUT2D eigenvalue weighted by Crippen LogP contribution is -2.45. The molecule has 0 aliphatic rings. The quantitative estimate of drug-likeness (QED) is 0.729. The number of hydrogen-bond acceptors (Lipinski definition) is 4. The number of aliphatic hydroxyl groups is 1. The molecule has 21 heavy (non-hydrogen) atoms. The van der Waals surface area contributed by atoms with Crippen LogP contribution in [0.1, 0.15) is 19.6 Å². The van der Waals surface area contributed by atoms with Gasteiger partial charge in [-0.05, 0) is 26.0 Å². The van der Waals surface area contributed by atoms with Crippen LogP contribution in [0.5, 0.6) is 0 Å². The van der Waals surface area contributed by atoms with Crippen LogP contribution in [0.3, 0.4) is 0 Å². The molecule has 1 unspecified atom stereocenters. The SMILES string of the molecule is CCNC(=O)C(=O)NCC(C)(O)c1cc2ccccc2o1. The molecule has 0 saturated heterocycles. The van der Waals surface area contributed by atoms with Crippen molar-refractivity contribution >= 4 is 22.8 Å². The van der Waals surface area contributed by atoms with Gasteiger partial charge in [-0.3, -0.25) is 9.59 Å². The lowest BCUT2D eigenvalue weighted by molar-refractivity contribution is -0.139. The van der Waals surface area contributed by atoms with Crippen LogP contribution in [-0.2, 0) is 15.2 Å². The van der Waals surface area contributed by atoms with Crippen molar-refractivity contribution in [2.75, 3.05) is 13.1 Å². The Morgan fingerprint density at radius 1 is 1.24 bits per heavy atom. The van der Waals surface area contributed by atoms with Crippen molar-refractivity contribution in [2.45, 2.75) is 19.4 Å². The molecule has 0 spiro atoms. The Kier molecular flexibility index (Phi) is 4.28. The summed E-state index contributed by atoms with van der Waals surface area (Å²) >= 11 is 0. The summed E-state index contributed by atoms with van der Waals surface area (Å²) < 4.78 is 5.57. The Bertz CT molecular complexity index is 627. The van der Waals surface area contributed by atoms with Crippen molar-refractivity contribution < 1.29 is 19.1 Å². The van der Waals surface area contributed by atoms with E-state index < -0.39 is 17.4 Å². The molecule has 0 aliphatic heterocycles. The smallest absolute Gasteiger partial charge is 0.309 e. The molecule has 0 fully saturated rings. The minimum atomic E-state index is -1.40. The third kappa shape index (κ3) is 3.41. The highest BCUT2D eigenvalue weighted by Gasteiger charge is 2.29. The van der Waals surface area contributed by atoms with E-state index in [0.717, 1.165) is 5.39 Å². The lowest BCUT2D eigenvalue weighted by atomic mass is 10.0. The summed E-state index contributed by atoms with van der Waals surface area (Å²) in [5.41, 5.74) is -0.746. The standard InChI is InChI=1S/C15H18N2O4/c1-3-16-13(18)14(19)17-9-15(2,20)12-8-10-6-4-5-7-11(10)21-12/h4-8,20H,3,9H2,1-2H3,(H,16,18)(H,17,19). The van der Waals surface area contributed by atoms with Crippen molar-refractivity contribution in [2.24, 2.45) is 0 Å². The van der Waals surface area contributed by atoms with Crippen molar-refractivity contribution in [3.63, 3.8) is 0 Å². The first kappa shape index (κ1) is 15.1. The number of nitrogens with one attached hydrogen (secondary N) is 2. The molecule has 6 nitrogen and oxygen atoms in total. The zero-order chi connectivity index (χ0) is 15.5. The molecule has 2 aromatic rings. The number of para-hydroxylation sites is 1. The van der Waals surface area contributed by atoms with E-state index >= 15 is 0 Å². The minimum Gasteiger partial charge on any atom is -0.458 e. The molecule has 1 heterocycles. The van der Waals surface area contributed by atoms with E-state index in [0.29, 0.717) is 17.9 Å². The van der Waals surface area contributed by atoms with Gasteiger partial charge in [0, 0.05) is 11.9 Å². The average Bonchev–Trinajstić information content (AvgIpc) is 2.90. The number of benzene rings is 1. The highest BCUT2D eigenvalue weighted by Crippen LogP contribution is 2.27. The number of rotatable bonds is 4. The number of furan rings is 1. The fraction of sp³-hybridized carbons (Fsp3) is 0.333. The highest BCUT2D eigenvalue weighted by atomic mass is 16.4. The second-order valence-corrected chi connectivity index (χ2v) is 4.96. The number of fused-ring (bicyclic) bond motifs is 1. The predicted octanol–water partition coefficient (Wildman–Crippen LogP) is 0.893. The molecule has 0 saturated carbocycles. The van der Waals surface area contributed by atoms with Crippen LogP contribution in [-0.4, -0.2) is 30.0 Å². The third-order valence-electron chi connectivity index (χ3n) is 3.09. The Balaban J connectivity index is 2.07. The average molecular weight is 290 g/mol. The van der Waals surface area contributed by atoms with E-state index in [1.807, 2.05) is 18.2 Å². The van der Waals surface area contributed by atoms with E-state index in [-0.39, 0.29) is 6.54 Å². The first-order valence-electron chi connectivity index (χ1n) is 6.71. The second-order valence-electron chi connectivity index (χ2n) is 4.96. The summed E-state index contributed by atoms with van der Waals surface area (Å²) in [6.07, 6.45) is 0. The molecule has 0 bridgehead atoms. The molecular formula is C15H18N2O4. The zero-order valence-corrected chi connectivity index (χ0v) is 12.0. The monoisotopic (exact) mass is 290 g/mol. The molecule has 6 heteroatoms. The van der Waals surface area contributed by atoms with Crippen molar-refractivity contribution in [1.82, 2.24) is 10.6 Å². The van der Waals surface area contributed by atoms with Crippen LogP contribution in [0.4, 0.5) is 0 Å². The van der Waals surface area contributed by atoms with Gasteiger partial charge in [-0.1, -0.05) is 18.2 Å². The largest absolute Gasteiger partial charge is 0.458 e. The van der Waals surface area contributed by atoms with Crippen LogP contribution in [0, 0.1) is 0 Å². The Hall–Kier alpha value is -2.34. The molecule has 112 valence electrons. The third-order valence-corrected chi connectivity index (χ3v) is 3.09. The maximum absolute atomic E-state index is 11.5. The summed E-state index contributed by atoms with van der Waals surface area (Å²) in [7, 11) is 0. The van der Waals surface area contributed by atoms with Gasteiger partial charge in [0.15, 0.2) is 0 Å². The number of amides is 2. The van der Waals surface area contributed by atoms with Gasteiger partial charge >= 0.3 is 11.8 Å². The number of carbonyl (C=O) groups is 2. The highest BCUT2D eigenvalue weighted by molar-refractivity contribution is 6.35. The van der Waals surface area contributed by atoms with Crippen LogP contribution in [0.25, 0.3) is 11.0 Å². The maximum Gasteiger partial charge on any atom is 0.309 e. The summed E-state index contributed by atoms with van der Waals surface area (Å²) in [5.74, 6) is -1.17. The van der Waals surface area contributed by atoms with Crippen LogP contribution in [0.15, 0.2) is 34.7 Å². The fourth-order valence-corrected chi connectivity index (χ4v) is 1.91. The predicted molar refractivity (Wildman–Crippen MR) is 77.5 cm³/mol. The van der Waals surface area contributed by atoms with Gasteiger partial charge in [0.2, 0.25) is 0 Å². The summed E-state index contributed by atoms with van der Waals surface area (Å²) in [6.45, 7) is 3.48. The topological polar surface area (TPSA) is 91.6 Å². The fourth-order valence-electron chi connectivity index (χ4n) is 1.91. The zero-order valence-electron chi connectivity index (χ0n) is 12.0. The Morgan fingerprint density at radius 2 is 1.90 bits per heavy atom. The van der Waals surface area contributed by atoms with Gasteiger partial charge in [-0.25, -0.2) is 0 Å². The lowest BCUT2D eigenvalue weighted by Gasteiger charge is -2.20. The maximum atomic E-state index is 11.5. The summed E-state index contributed by atoms with van der Waals surface area (Å²) in [6, 6.07) is 9.08. The van der Waals surface area contributed by atoms with E-state index in [1.165, 1.54) is 6.92 Å². The molecular weight excluding hydrogens is 272 g/mol. The van der Waals surface area contributed by atoms with Crippen LogP contribution in [0.2, 0.25) is 0 Å². The van der Waals surface area contributed by atoms with Gasteiger partial charge in [-0.15, -0.1) is 0 Å². The molecule has 3 N–H and O–H groups in total. The molecule has 1 aromatic carbocycles. The first-order chi connectivity index (χ1) is 9.94. The van der Waals surface area contributed by atoms with Gasteiger partial charge in [0.1, 0.15) is 16.9 Å².